The molecule has 0 aliphatic carbocycles. The summed E-state index contributed by atoms with van der Waals surface area (Å²) in [6.45, 7) is 10.8. The summed E-state index contributed by atoms with van der Waals surface area (Å²) in [5, 5.41) is 3.41. The molecule has 0 amide bonds. The molecule has 0 rings (SSSR count). The summed E-state index contributed by atoms with van der Waals surface area (Å²) in [6.07, 6.45) is 1.23. The van der Waals surface area contributed by atoms with Gasteiger partial charge in [-0.2, -0.15) is 0 Å². The Hall–Kier alpha value is -0.120. The molecule has 0 saturated heterocycles. The minimum absolute atomic E-state index is 0.590. The summed E-state index contributed by atoms with van der Waals surface area (Å²) < 4.78 is 5.11. The van der Waals surface area contributed by atoms with Gasteiger partial charge >= 0.3 is 0 Å². The molecular formula is C12H28N2O. The van der Waals surface area contributed by atoms with Crippen molar-refractivity contribution in [3.05, 3.63) is 0 Å². The average Bonchev–Trinajstić information content (AvgIpc) is 2.28. The van der Waals surface area contributed by atoms with Crippen LogP contribution in [0.15, 0.2) is 0 Å². The number of rotatable bonds is 9. The Kier molecular flexibility index (Phi) is 9.06. The van der Waals surface area contributed by atoms with Gasteiger partial charge in [0.1, 0.15) is 0 Å². The number of likely N-dealkylation sites (N-methyl/N-ethyl adjacent to an activating group) is 2. The van der Waals surface area contributed by atoms with Gasteiger partial charge in [0.15, 0.2) is 0 Å². The molecule has 0 fully saturated rings. The Balaban J connectivity index is 3.99. The second-order valence-electron chi connectivity index (χ2n) is 4.17. The van der Waals surface area contributed by atoms with Crippen molar-refractivity contribution in [3.63, 3.8) is 0 Å². The molecule has 0 aliphatic heterocycles. The predicted octanol–water partition coefficient (Wildman–Crippen LogP) is 1.59. The highest BCUT2D eigenvalue weighted by Crippen LogP contribution is 2.08. The van der Waals surface area contributed by atoms with E-state index in [0.29, 0.717) is 6.04 Å². The first kappa shape index (κ1) is 14.9. The minimum atomic E-state index is 0.590. The van der Waals surface area contributed by atoms with Crippen molar-refractivity contribution in [3.8, 4) is 0 Å². The van der Waals surface area contributed by atoms with Crippen LogP contribution < -0.4 is 5.32 Å². The first-order valence-corrected chi connectivity index (χ1v) is 6.08. The second kappa shape index (κ2) is 9.13. The maximum absolute atomic E-state index is 5.11. The van der Waals surface area contributed by atoms with Crippen molar-refractivity contribution in [2.24, 2.45) is 5.92 Å². The van der Waals surface area contributed by atoms with Crippen molar-refractivity contribution in [1.29, 1.82) is 0 Å². The molecule has 3 nitrogen and oxygen atoms in total. The van der Waals surface area contributed by atoms with E-state index in [2.05, 4.69) is 38.0 Å². The van der Waals surface area contributed by atoms with Gasteiger partial charge < -0.3 is 10.1 Å². The fourth-order valence-electron chi connectivity index (χ4n) is 1.72. The molecule has 2 atom stereocenters. The van der Waals surface area contributed by atoms with Gasteiger partial charge in [0.25, 0.3) is 0 Å². The smallest absolute Gasteiger partial charge is 0.0589 e. The van der Waals surface area contributed by atoms with E-state index in [1.54, 1.807) is 7.11 Å². The summed E-state index contributed by atoms with van der Waals surface area (Å²) in [4.78, 5) is 2.44. The van der Waals surface area contributed by atoms with Gasteiger partial charge in [-0.3, -0.25) is 4.90 Å². The lowest BCUT2D eigenvalue weighted by atomic mass is 9.99. The van der Waals surface area contributed by atoms with Gasteiger partial charge in [0, 0.05) is 26.2 Å². The highest BCUT2D eigenvalue weighted by molar-refractivity contribution is 4.75. The summed E-state index contributed by atoms with van der Waals surface area (Å²) in [5.74, 6) is 0.728. The van der Waals surface area contributed by atoms with Crippen LogP contribution in [-0.2, 0) is 4.74 Å². The Morgan fingerprint density at radius 1 is 1.33 bits per heavy atom. The third-order valence-electron chi connectivity index (χ3n) is 3.22. The molecule has 2 unspecified atom stereocenters. The average molecular weight is 216 g/mol. The molecule has 0 saturated carbocycles. The zero-order valence-electron chi connectivity index (χ0n) is 11.0. The van der Waals surface area contributed by atoms with Crippen LogP contribution in [0.5, 0.6) is 0 Å². The van der Waals surface area contributed by atoms with Gasteiger partial charge in [0.05, 0.1) is 6.61 Å². The molecule has 0 radical (unpaired) electrons. The quantitative estimate of drug-likeness (QED) is 0.633. The third-order valence-corrected chi connectivity index (χ3v) is 3.22. The normalized spacial score (nSPS) is 15.6. The van der Waals surface area contributed by atoms with Crippen molar-refractivity contribution in [1.82, 2.24) is 10.2 Å². The van der Waals surface area contributed by atoms with Crippen LogP contribution in [-0.4, -0.2) is 51.3 Å². The molecule has 15 heavy (non-hydrogen) atoms. The van der Waals surface area contributed by atoms with Gasteiger partial charge in [-0.1, -0.05) is 27.2 Å². The van der Waals surface area contributed by atoms with Crippen molar-refractivity contribution < 1.29 is 4.74 Å². The number of hydrogen-bond acceptors (Lipinski definition) is 3. The monoisotopic (exact) mass is 216 g/mol. The molecule has 0 bridgehead atoms. The van der Waals surface area contributed by atoms with Gasteiger partial charge in [-0.05, 0) is 19.5 Å². The second-order valence-corrected chi connectivity index (χ2v) is 4.17. The lowest BCUT2D eigenvalue weighted by Gasteiger charge is -2.29. The lowest BCUT2D eigenvalue weighted by Crippen LogP contribution is -2.44. The summed E-state index contributed by atoms with van der Waals surface area (Å²) in [5.41, 5.74) is 0. The molecule has 3 heteroatoms. The topological polar surface area (TPSA) is 24.5 Å². The van der Waals surface area contributed by atoms with Gasteiger partial charge in [-0.25, -0.2) is 0 Å². The zero-order chi connectivity index (χ0) is 11.7. The summed E-state index contributed by atoms with van der Waals surface area (Å²) >= 11 is 0. The Labute approximate surface area is 95.2 Å². The van der Waals surface area contributed by atoms with Crippen LogP contribution in [0, 0.1) is 5.92 Å². The van der Waals surface area contributed by atoms with Crippen molar-refractivity contribution in [2.75, 3.05) is 40.4 Å². The summed E-state index contributed by atoms with van der Waals surface area (Å²) in [7, 11) is 3.82. The first-order valence-electron chi connectivity index (χ1n) is 6.08. The van der Waals surface area contributed by atoms with E-state index in [1.165, 1.54) is 6.42 Å². The third kappa shape index (κ3) is 6.13. The molecule has 0 aliphatic rings. The first-order chi connectivity index (χ1) is 7.19. The molecule has 92 valence electrons. The number of methoxy groups -OCH3 is 1. The van der Waals surface area contributed by atoms with E-state index in [4.69, 9.17) is 4.74 Å². The van der Waals surface area contributed by atoms with Crippen LogP contribution >= 0.6 is 0 Å². The summed E-state index contributed by atoms with van der Waals surface area (Å²) in [6, 6.07) is 0.590. The Morgan fingerprint density at radius 3 is 2.40 bits per heavy atom. The van der Waals surface area contributed by atoms with E-state index >= 15 is 0 Å². The van der Waals surface area contributed by atoms with Crippen LogP contribution in [0.3, 0.4) is 0 Å². The van der Waals surface area contributed by atoms with Gasteiger partial charge in [0.2, 0.25) is 0 Å². The highest BCUT2D eigenvalue weighted by Gasteiger charge is 2.16. The molecule has 0 spiro atoms. The number of nitrogens with zero attached hydrogens (tertiary/aromatic N) is 1. The number of nitrogens with one attached hydrogen (secondary N) is 1. The molecule has 0 aromatic rings. The zero-order valence-corrected chi connectivity index (χ0v) is 11.0. The molecule has 0 aromatic heterocycles. The largest absolute Gasteiger partial charge is 0.383 e. The predicted molar refractivity (Wildman–Crippen MR) is 66.3 cm³/mol. The SMILES string of the molecule is CCC(C)C(CN(CC)CCOC)NC. The van der Waals surface area contributed by atoms with Crippen molar-refractivity contribution in [2.45, 2.75) is 33.2 Å². The molecule has 1 N–H and O–H groups in total. The standard InChI is InChI=1S/C12H28N2O/c1-6-11(3)12(13-4)10-14(7-2)8-9-15-5/h11-13H,6-10H2,1-5H3. The number of ether oxygens (including phenoxy) is 1. The molecular weight excluding hydrogens is 188 g/mol. The van der Waals surface area contributed by atoms with Crippen LogP contribution in [0.2, 0.25) is 0 Å². The lowest BCUT2D eigenvalue weighted by molar-refractivity contribution is 0.138. The van der Waals surface area contributed by atoms with E-state index < -0.39 is 0 Å². The number of hydrogen-bond donors (Lipinski definition) is 1. The van der Waals surface area contributed by atoms with E-state index in [-0.39, 0.29) is 0 Å². The molecule has 0 aromatic carbocycles. The Morgan fingerprint density at radius 2 is 2.00 bits per heavy atom. The van der Waals surface area contributed by atoms with Gasteiger partial charge in [-0.15, -0.1) is 0 Å². The molecule has 0 heterocycles. The van der Waals surface area contributed by atoms with Crippen LogP contribution in [0.1, 0.15) is 27.2 Å². The fraction of sp³-hybridized carbons (Fsp3) is 1.00. The van der Waals surface area contributed by atoms with E-state index in [0.717, 1.165) is 32.2 Å². The van der Waals surface area contributed by atoms with Crippen LogP contribution in [0.4, 0.5) is 0 Å². The maximum Gasteiger partial charge on any atom is 0.0589 e. The van der Waals surface area contributed by atoms with Crippen molar-refractivity contribution >= 4 is 0 Å². The van der Waals surface area contributed by atoms with E-state index in [1.807, 2.05) is 0 Å². The fourth-order valence-corrected chi connectivity index (χ4v) is 1.72. The highest BCUT2D eigenvalue weighted by atomic mass is 16.5. The minimum Gasteiger partial charge on any atom is -0.383 e. The van der Waals surface area contributed by atoms with E-state index in [9.17, 15) is 0 Å². The van der Waals surface area contributed by atoms with Crippen LogP contribution in [0.25, 0.3) is 0 Å². The Bertz CT molecular complexity index is 142. The maximum atomic E-state index is 5.11.